The fourth-order valence-corrected chi connectivity index (χ4v) is 13.0. The average Bonchev–Trinajstić information content (AvgIpc) is 4.00. The number of para-hydroxylation sites is 4. The van der Waals surface area contributed by atoms with Gasteiger partial charge < -0.3 is 9.05 Å². The second-order valence-corrected chi connectivity index (χ2v) is 19.1. The third-order valence-corrected chi connectivity index (χ3v) is 16.0. The summed E-state index contributed by atoms with van der Waals surface area (Å²) in [6.45, 7) is 13.3. The number of aryl methyl sites for hydroxylation is 4. The highest BCUT2D eigenvalue weighted by Crippen LogP contribution is 2.55. The molecule has 0 saturated carbocycles. The fourth-order valence-electron chi connectivity index (χ4n) is 9.09. The summed E-state index contributed by atoms with van der Waals surface area (Å²) < 4.78 is 24.9. The largest absolute Gasteiger partial charge is 0.435 e. The van der Waals surface area contributed by atoms with E-state index in [4.69, 9.17) is 9.05 Å². The molecule has 10 aromatic rings. The molecule has 6 aromatic carbocycles. The maximum atomic E-state index is 7.67. The topological polar surface area (TPSA) is 38.2 Å². The van der Waals surface area contributed by atoms with Gasteiger partial charge in [0.2, 0.25) is 0 Å². The minimum Gasteiger partial charge on any atom is -0.435 e. The predicted molar refractivity (Wildman–Crippen MR) is 248 cm³/mol. The Kier molecular flexibility index (Phi) is 8.41. The number of fused-ring (bicyclic) bond motifs is 15. The van der Waals surface area contributed by atoms with Crippen LogP contribution >= 0.6 is 16.9 Å². The standard InChI is InChI=1S/C51H44N4O2P2/c1-32-23-25-48-50(36(32)5)51-37(6)33(2)24-26-49(51)57-59(53-29-35(4)41-16-8-12-20-45(41)53)55-31-39(43-18-10-14-22-47(43)55)27-38-30-54(46-21-13-9-17-42(38)46)58(56-48)52-28-34(3)40-15-7-11-19-44(40)52/h7-26,28-31H,27H2,1-6H3. The summed E-state index contributed by atoms with van der Waals surface area (Å²) in [6, 6.07) is 43.8. The van der Waals surface area contributed by atoms with Crippen LogP contribution in [0.2, 0.25) is 0 Å². The van der Waals surface area contributed by atoms with E-state index in [1.54, 1.807) is 0 Å². The molecule has 1 aliphatic rings. The second kappa shape index (κ2) is 13.8. The molecule has 0 fully saturated rings. The highest BCUT2D eigenvalue weighted by molar-refractivity contribution is 7.50. The molecule has 290 valence electrons. The van der Waals surface area contributed by atoms with Crippen molar-refractivity contribution in [2.75, 3.05) is 0 Å². The quantitative estimate of drug-likeness (QED) is 0.163. The summed E-state index contributed by atoms with van der Waals surface area (Å²) in [5, 5.41) is 4.91. The monoisotopic (exact) mass is 806 g/mol. The summed E-state index contributed by atoms with van der Waals surface area (Å²) in [7, 11) is -3.01. The summed E-state index contributed by atoms with van der Waals surface area (Å²) in [6.07, 6.45) is 10.0. The number of benzene rings is 6. The zero-order valence-electron chi connectivity index (χ0n) is 34.1. The Morgan fingerprint density at radius 1 is 0.373 bits per heavy atom. The summed E-state index contributed by atoms with van der Waals surface area (Å²) in [5.41, 5.74) is 16.4. The Labute approximate surface area is 346 Å². The lowest BCUT2D eigenvalue weighted by Crippen LogP contribution is -2.09. The van der Waals surface area contributed by atoms with Gasteiger partial charge in [0, 0.05) is 63.9 Å². The van der Waals surface area contributed by atoms with E-state index < -0.39 is 16.9 Å². The van der Waals surface area contributed by atoms with Gasteiger partial charge in [0.05, 0.1) is 22.1 Å². The van der Waals surface area contributed by atoms with Crippen molar-refractivity contribution in [1.82, 2.24) is 17.4 Å². The number of aromatic nitrogens is 4. The Balaban J connectivity index is 1.27. The highest BCUT2D eigenvalue weighted by atomic mass is 31.2. The lowest BCUT2D eigenvalue weighted by Gasteiger charge is -2.27. The van der Waals surface area contributed by atoms with Gasteiger partial charge in [-0.25, -0.2) is 0 Å². The van der Waals surface area contributed by atoms with Crippen LogP contribution in [0.5, 0.6) is 11.5 Å². The van der Waals surface area contributed by atoms with Crippen LogP contribution in [0, 0.1) is 41.5 Å². The Morgan fingerprint density at radius 2 is 0.712 bits per heavy atom. The van der Waals surface area contributed by atoms with Crippen molar-refractivity contribution in [2.24, 2.45) is 0 Å². The molecule has 0 N–H and O–H groups in total. The van der Waals surface area contributed by atoms with Crippen LogP contribution < -0.4 is 9.05 Å². The first-order valence-corrected chi connectivity index (χ1v) is 22.6. The second-order valence-electron chi connectivity index (χ2n) is 16.0. The normalized spacial score (nSPS) is 15.5. The van der Waals surface area contributed by atoms with E-state index >= 15 is 0 Å². The van der Waals surface area contributed by atoms with Crippen LogP contribution in [0.1, 0.15) is 44.5 Å². The number of hydrogen-bond acceptors (Lipinski definition) is 2. The van der Waals surface area contributed by atoms with E-state index in [0.717, 1.165) is 51.1 Å². The van der Waals surface area contributed by atoms with Crippen LogP contribution in [0.15, 0.2) is 146 Å². The zero-order chi connectivity index (χ0) is 40.1. The molecule has 0 spiro atoms. The van der Waals surface area contributed by atoms with Gasteiger partial charge >= 0.3 is 16.9 Å². The first-order valence-electron chi connectivity index (χ1n) is 20.2. The predicted octanol–water partition coefficient (Wildman–Crippen LogP) is 14.3. The smallest absolute Gasteiger partial charge is 0.318 e. The maximum absolute atomic E-state index is 7.67. The molecule has 59 heavy (non-hydrogen) atoms. The number of hydrogen-bond donors (Lipinski definition) is 0. The number of rotatable bonds is 2. The first-order chi connectivity index (χ1) is 28.7. The van der Waals surface area contributed by atoms with E-state index in [1.165, 1.54) is 66.1 Å². The van der Waals surface area contributed by atoms with Gasteiger partial charge in [0.25, 0.3) is 0 Å². The Morgan fingerprint density at radius 3 is 1.12 bits per heavy atom. The van der Waals surface area contributed by atoms with Crippen LogP contribution in [-0.2, 0) is 6.42 Å². The van der Waals surface area contributed by atoms with Crippen molar-refractivity contribution in [2.45, 2.75) is 48.0 Å². The highest BCUT2D eigenvalue weighted by Gasteiger charge is 2.31. The lowest BCUT2D eigenvalue weighted by atomic mass is 9.90. The van der Waals surface area contributed by atoms with Gasteiger partial charge in [-0.2, -0.15) is 0 Å². The van der Waals surface area contributed by atoms with Gasteiger partial charge in [0.15, 0.2) is 0 Å². The molecule has 6 nitrogen and oxygen atoms in total. The van der Waals surface area contributed by atoms with Gasteiger partial charge in [-0.1, -0.05) is 84.9 Å². The molecule has 1 aliphatic heterocycles. The third-order valence-electron chi connectivity index (χ3n) is 12.5. The molecule has 8 heteroatoms. The van der Waals surface area contributed by atoms with Gasteiger partial charge in [0.1, 0.15) is 11.5 Å². The summed E-state index contributed by atoms with van der Waals surface area (Å²) in [4.78, 5) is 0. The van der Waals surface area contributed by atoms with Gasteiger partial charge in [-0.05, 0) is 122 Å². The van der Waals surface area contributed by atoms with Crippen LogP contribution in [0.3, 0.4) is 0 Å². The van der Waals surface area contributed by atoms with Crippen molar-refractivity contribution < 1.29 is 9.05 Å². The van der Waals surface area contributed by atoms with Crippen molar-refractivity contribution in [1.29, 1.82) is 0 Å². The zero-order valence-corrected chi connectivity index (χ0v) is 35.9. The van der Waals surface area contributed by atoms with Crippen molar-refractivity contribution in [3.63, 3.8) is 0 Å². The molecule has 4 aromatic heterocycles. The lowest BCUT2D eigenvalue weighted by molar-refractivity contribution is 0.588. The Hall–Kier alpha value is -6.06. The van der Waals surface area contributed by atoms with Crippen LogP contribution in [-0.4, -0.2) is 17.4 Å². The van der Waals surface area contributed by atoms with Gasteiger partial charge in [-0.3, -0.25) is 17.4 Å². The van der Waals surface area contributed by atoms with Crippen molar-refractivity contribution in [3.05, 3.63) is 191 Å². The van der Waals surface area contributed by atoms with Crippen molar-refractivity contribution in [3.8, 4) is 22.6 Å². The average molecular weight is 807 g/mol. The van der Waals surface area contributed by atoms with E-state index in [1.807, 2.05) is 0 Å². The molecular formula is C51H44N4O2P2. The SMILES string of the molecule is Cc1ccc2c(c1C)-c1c(ccc(C)c1C)OP(n1cc(C)c3ccccc31)n1cc(c3ccccc31)Cc1cn(c3ccccc13)P(n1cc(C)c3ccccc31)O2. The van der Waals surface area contributed by atoms with E-state index in [0.29, 0.717) is 0 Å². The molecular weight excluding hydrogens is 763 g/mol. The fraction of sp³-hybridized carbons (Fsp3) is 0.137. The molecule has 0 amide bonds. The third kappa shape index (κ3) is 5.61. The van der Waals surface area contributed by atoms with E-state index in [9.17, 15) is 0 Å². The molecule has 0 aliphatic carbocycles. The molecule has 4 bridgehead atoms. The van der Waals surface area contributed by atoms with Crippen LogP contribution in [0.4, 0.5) is 0 Å². The molecule has 2 atom stereocenters. The Bertz CT molecular complexity index is 3090. The summed E-state index contributed by atoms with van der Waals surface area (Å²) in [5.74, 6) is 1.67. The van der Waals surface area contributed by atoms with E-state index in [-0.39, 0.29) is 0 Å². The first kappa shape index (κ1) is 36.1. The molecule has 0 radical (unpaired) electrons. The van der Waals surface area contributed by atoms with Crippen LogP contribution in [0.25, 0.3) is 54.7 Å². The molecule has 11 rings (SSSR count). The van der Waals surface area contributed by atoms with E-state index in [2.05, 4.69) is 205 Å². The summed E-state index contributed by atoms with van der Waals surface area (Å²) >= 11 is 0. The van der Waals surface area contributed by atoms with Crippen molar-refractivity contribution >= 4 is 60.5 Å². The molecule has 5 heterocycles. The number of nitrogens with zero attached hydrogens (tertiary/aromatic N) is 4. The minimum atomic E-state index is -1.50. The van der Waals surface area contributed by atoms with Gasteiger partial charge in [-0.15, -0.1) is 0 Å². The minimum absolute atomic E-state index is 0.744. The molecule has 0 saturated heterocycles. The maximum Gasteiger partial charge on any atom is 0.318 e. The molecule has 2 unspecified atom stereocenters.